The Morgan fingerprint density at radius 1 is 1.25 bits per heavy atom. The van der Waals surface area contributed by atoms with Crippen LogP contribution in [0.3, 0.4) is 0 Å². The van der Waals surface area contributed by atoms with Gasteiger partial charge in [-0.2, -0.15) is 0 Å². The second-order valence-electron chi connectivity index (χ2n) is 5.18. The molecule has 0 radical (unpaired) electrons. The van der Waals surface area contributed by atoms with E-state index in [0.29, 0.717) is 27.6 Å². The average molecular weight is 346 g/mol. The van der Waals surface area contributed by atoms with E-state index in [2.05, 4.69) is 5.16 Å². The highest BCUT2D eigenvalue weighted by molar-refractivity contribution is 6.30. The van der Waals surface area contributed by atoms with E-state index >= 15 is 0 Å². The van der Waals surface area contributed by atoms with Crippen molar-refractivity contribution in [3.05, 3.63) is 76.2 Å². The van der Waals surface area contributed by atoms with Crippen molar-refractivity contribution in [2.45, 2.75) is 13.5 Å². The van der Waals surface area contributed by atoms with Gasteiger partial charge in [0.05, 0.1) is 5.56 Å². The molecule has 0 fully saturated rings. The minimum Gasteiger partial charge on any atom is -0.455 e. The van der Waals surface area contributed by atoms with E-state index in [1.165, 1.54) is 18.2 Å². The van der Waals surface area contributed by atoms with Crippen molar-refractivity contribution in [1.82, 2.24) is 5.16 Å². The monoisotopic (exact) mass is 345 g/mol. The van der Waals surface area contributed by atoms with Crippen LogP contribution in [-0.2, 0) is 11.3 Å². The third kappa shape index (κ3) is 3.46. The zero-order valence-corrected chi connectivity index (χ0v) is 13.5. The standard InChI is InChI=1S/C18H13ClFNO3/c1-11-16(10-23-18(22)13-3-2-4-14(19)9-13)21-24-17(11)12-5-7-15(20)8-6-12/h2-9H,10H2,1H3. The molecule has 0 atom stereocenters. The van der Waals surface area contributed by atoms with Crippen LogP contribution in [0.2, 0.25) is 5.02 Å². The van der Waals surface area contributed by atoms with Gasteiger partial charge in [0.15, 0.2) is 5.76 Å². The second kappa shape index (κ2) is 6.84. The third-order valence-electron chi connectivity index (χ3n) is 3.53. The van der Waals surface area contributed by atoms with E-state index in [4.69, 9.17) is 20.9 Å². The lowest BCUT2D eigenvalue weighted by molar-refractivity contribution is 0.0464. The summed E-state index contributed by atoms with van der Waals surface area (Å²) in [6, 6.07) is 12.4. The summed E-state index contributed by atoms with van der Waals surface area (Å²) in [6.07, 6.45) is 0. The van der Waals surface area contributed by atoms with Crippen LogP contribution in [0.1, 0.15) is 21.6 Å². The molecule has 0 aliphatic carbocycles. The van der Waals surface area contributed by atoms with Gasteiger partial charge in [0.1, 0.15) is 18.1 Å². The lowest BCUT2D eigenvalue weighted by atomic mass is 10.1. The highest BCUT2D eigenvalue weighted by Gasteiger charge is 2.16. The van der Waals surface area contributed by atoms with Crippen molar-refractivity contribution in [3.8, 4) is 11.3 Å². The Balaban J connectivity index is 1.72. The number of hydrogen-bond donors (Lipinski definition) is 0. The lowest BCUT2D eigenvalue weighted by Crippen LogP contribution is -2.06. The number of esters is 1. The molecule has 0 aliphatic heterocycles. The van der Waals surface area contributed by atoms with Crippen molar-refractivity contribution in [2.75, 3.05) is 0 Å². The highest BCUT2D eigenvalue weighted by Crippen LogP contribution is 2.26. The van der Waals surface area contributed by atoms with Crippen molar-refractivity contribution >= 4 is 17.6 Å². The van der Waals surface area contributed by atoms with Crippen molar-refractivity contribution in [3.63, 3.8) is 0 Å². The second-order valence-corrected chi connectivity index (χ2v) is 5.61. The molecular formula is C18H13ClFNO3. The maximum Gasteiger partial charge on any atom is 0.338 e. The number of carbonyl (C=O) groups excluding carboxylic acids is 1. The molecule has 4 nitrogen and oxygen atoms in total. The average Bonchev–Trinajstić information content (AvgIpc) is 2.94. The third-order valence-corrected chi connectivity index (χ3v) is 3.76. The molecule has 2 aromatic carbocycles. The Kier molecular flexibility index (Phi) is 4.62. The zero-order chi connectivity index (χ0) is 17.1. The molecule has 3 rings (SSSR count). The van der Waals surface area contributed by atoms with Gasteiger partial charge < -0.3 is 9.26 Å². The first-order valence-electron chi connectivity index (χ1n) is 7.18. The van der Waals surface area contributed by atoms with E-state index in [-0.39, 0.29) is 12.4 Å². The van der Waals surface area contributed by atoms with Crippen LogP contribution in [0, 0.1) is 12.7 Å². The molecule has 1 heterocycles. The van der Waals surface area contributed by atoms with Gasteiger partial charge in [-0.1, -0.05) is 22.8 Å². The maximum atomic E-state index is 13.0. The molecule has 122 valence electrons. The number of aromatic nitrogens is 1. The SMILES string of the molecule is Cc1c(COC(=O)c2cccc(Cl)c2)noc1-c1ccc(F)cc1. The van der Waals surface area contributed by atoms with Crippen molar-refractivity contribution < 1.29 is 18.4 Å². The Morgan fingerprint density at radius 2 is 2.00 bits per heavy atom. The van der Waals surface area contributed by atoms with Gasteiger partial charge in [-0.25, -0.2) is 9.18 Å². The fourth-order valence-corrected chi connectivity index (χ4v) is 2.40. The Bertz CT molecular complexity index is 874. The van der Waals surface area contributed by atoms with Gasteiger partial charge in [0.25, 0.3) is 0 Å². The summed E-state index contributed by atoms with van der Waals surface area (Å²) in [7, 11) is 0. The van der Waals surface area contributed by atoms with Crippen LogP contribution in [0.5, 0.6) is 0 Å². The molecule has 24 heavy (non-hydrogen) atoms. The van der Waals surface area contributed by atoms with Crippen LogP contribution in [-0.4, -0.2) is 11.1 Å². The molecule has 0 amide bonds. The minimum absolute atomic E-state index is 0.0259. The van der Waals surface area contributed by atoms with Gasteiger partial charge in [-0.05, 0) is 49.4 Å². The molecule has 3 aromatic rings. The summed E-state index contributed by atoms with van der Waals surface area (Å²) in [6.45, 7) is 1.78. The summed E-state index contributed by atoms with van der Waals surface area (Å²) >= 11 is 5.85. The molecule has 0 saturated carbocycles. The van der Waals surface area contributed by atoms with Crippen LogP contribution >= 0.6 is 11.6 Å². The summed E-state index contributed by atoms with van der Waals surface area (Å²) < 4.78 is 23.5. The summed E-state index contributed by atoms with van der Waals surface area (Å²) in [5.74, 6) is -0.307. The predicted molar refractivity (Wildman–Crippen MR) is 87.2 cm³/mol. The minimum atomic E-state index is -0.497. The first kappa shape index (κ1) is 16.2. The molecule has 0 saturated heterocycles. The largest absolute Gasteiger partial charge is 0.455 e. The molecule has 0 unspecified atom stereocenters. The molecule has 0 bridgehead atoms. The fraction of sp³-hybridized carbons (Fsp3) is 0.111. The number of benzene rings is 2. The van der Waals surface area contributed by atoms with E-state index in [0.717, 1.165) is 5.56 Å². The van der Waals surface area contributed by atoms with Gasteiger partial charge in [0, 0.05) is 16.1 Å². The van der Waals surface area contributed by atoms with Crippen molar-refractivity contribution in [2.24, 2.45) is 0 Å². The molecule has 0 spiro atoms. The summed E-state index contributed by atoms with van der Waals surface area (Å²) in [5.41, 5.74) is 2.31. The fourth-order valence-electron chi connectivity index (χ4n) is 2.21. The number of ether oxygens (including phenoxy) is 1. The van der Waals surface area contributed by atoms with Crippen LogP contribution in [0.15, 0.2) is 53.1 Å². The highest BCUT2D eigenvalue weighted by atomic mass is 35.5. The summed E-state index contributed by atoms with van der Waals surface area (Å²) in [4.78, 5) is 12.0. The molecule has 6 heteroatoms. The Hall–Kier alpha value is -2.66. The normalized spacial score (nSPS) is 10.6. The van der Waals surface area contributed by atoms with Gasteiger partial charge in [-0.15, -0.1) is 0 Å². The van der Waals surface area contributed by atoms with E-state index in [1.807, 2.05) is 0 Å². The van der Waals surface area contributed by atoms with Crippen LogP contribution in [0.4, 0.5) is 4.39 Å². The van der Waals surface area contributed by atoms with E-state index in [9.17, 15) is 9.18 Å². The maximum absolute atomic E-state index is 13.0. The Labute approximate surface area is 142 Å². The lowest BCUT2D eigenvalue weighted by Gasteiger charge is -2.03. The zero-order valence-electron chi connectivity index (χ0n) is 12.8. The van der Waals surface area contributed by atoms with Gasteiger partial charge in [0.2, 0.25) is 0 Å². The summed E-state index contributed by atoms with van der Waals surface area (Å²) in [5, 5.41) is 4.38. The molecular weight excluding hydrogens is 333 g/mol. The number of nitrogens with zero attached hydrogens (tertiary/aromatic N) is 1. The predicted octanol–water partition coefficient (Wildman–Crippen LogP) is 4.80. The number of carbonyl (C=O) groups is 1. The number of rotatable bonds is 4. The topological polar surface area (TPSA) is 52.3 Å². The van der Waals surface area contributed by atoms with Crippen LogP contribution in [0.25, 0.3) is 11.3 Å². The molecule has 1 aromatic heterocycles. The smallest absolute Gasteiger partial charge is 0.338 e. The van der Waals surface area contributed by atoms with Gasteiger partial charge >= 0.3 is 5.97 Å². The van der Waals surface area contributed by atoms with Gasteiger partial charge in [-0.3, -0.25) is 0 Å². The quantitative estimate of drug-likeness (QED) is 0.637. The Morgan fingerprint density at radius 3 is 2.71 bits per heavy atom. The van der Waals surface area contributed by atoms with E-state index in [1.54, 1.807) is 37.3 Å². The molecule has 0 aliphatic rings. The molecule has 0 N–H and O–H groups in total. The van der Waals surface area contributed by atoms with E-state index < -0.39 is 5.97 Å². The number of hydrogen-bond acceptors (Lipinski definition) is 4. The van der Waals surface area contributed by atoms with Crippen molar-refractivity contribution in [1.29, 1.82) is 0 Å². The first-order valence-corrected chi connectivity index (χ1v) is 7.56. The number of halogens is 2. The first-order chi connectivity index (χ1) is 11.5. The van der Waals surface area contributed by atoms with Crippen LogP contribution < -0.4 is 0 Å².